The van der Waals surface area contributed by atoms with Crippen molar-refractivity contribution >= 4 is 17.5 Å². The first kappa shape index (κ1) is 20.3. The number of likely N-dealkylation sites (N-methyl/N-ethyl adjacent to an activating group) is 1. The first-order chi connectivity index (χ1) is 14.1. The molecule has 3 aromatic carbocycles. The van der Waals surface area contributed by atoms with Gasteiger partial charge in [-0.2, -0.15) is 0 Å². The fraction of sp³-hybridized carbons (Fsp3) is 0.200. The van der Waals surface area contributed by atoms with Crippen LogP contribution in [0.2, 0.25) is 0 Å². The number of nitrogens with one attached hydrogen (secondary N) is 1. The van der Waals surface area contributed by atoms with Crippen LogP contribution >= 0.6 is 0 Å². The minimum Gasteiger partial charge on any atom is -0.356 e. The summed E-state index contributed by atoms with van der Waals surface area (Å²) in [6, 6.07) is 25.2. The van der Waals surface area contributed by atoms with Crippen LogP contribution in [0.15, 0.2) is 78.9 Å². The van der Waals surface area contributed by atoms with Gasteiger partial charge >= 0.3 is 0 Å². The van der Waals surface area contributed by atoms with Gasteiger partial charge in [-0.25, -0.2) is 0 Å². The van der Waals surface area contributed by atoms with Gasteiger partial charge in [0, 0.05) is 17.8 Å². The first-order valence-corrected chi connectivity index (χ1v) is 9.85. The zero-order valence-corrected chi connectivity index (χ0v) is 16.9. The molecule has 3 rings (SSSR count). The lowest BCUT2D eigenvalue weighted by Gasteiger charge is -2.24. The highest BCUT2D eigenvalue weighted by Crippen LogP contribution is 2.22. The average molecular weight is 386 g/mol. The Kier molecular flexibility index (Phi) is 6.80. The number of benzene rings is 3. The molecule has 0 atom stereocenters. The van der Waals surface area contributed by atoms with Gasteiger partial charge in [0.2, 0.25) is 5.91 Å². The van der Waals surface area contributed by atoms with Gasteiger partial charge in [0.1, 0.15) is 0 Å². The highest BCUT2D eigenvalue weighted by Gasteiger charge is 2.19. The second-order valence-electron chi connectivity index (χ2n) is 6.99. The number of carbonyl (C=O) groups excluding carboxylic acids is 2. The molecule has 148 valence electrons. The molecule has 0 aliphatic carbocycles. The maximum absolute atomic E-state index is 13.4. The van der Waals surface area contributed by atoms with E-state index >= 15 is 0 Å². The minimum atomic E-state index is -0.0385. The van der Waals surface area contributed by atoms with E-state index in [1.807, 2.05) is 92.7 Å². The van der Waals surface area contributed by atoms with E-state index in [0.29, 0.717) is 25.1 Å². The number of nitrogens with zero attached hydrogens (tertiary/aromatic N) is 1. The quantitative estimate of drug-likeness (QED) is 0.649. The van der Waals surface area contributed by atoms with Crippen molar-refractivity contribution < 1.29 is 9.59 Å². The molecule has 0 saturated carbocycles. The summed E-state index contributed by atoms with van der Waals surface area (Å²) in [5.74, 6) is -0.0409. The molecule has 0 aliphatic heterocycles. The third kappa shape index (κ3) is 5.32. The van der Waals surface area contributed by atoms with Crippen molar-refractivity contribution in [2.45, 2.75) is 26.8 Å². The summed E-state index contributed by atoms with van der Waals surface area (Å²) < 4.78 is 0. The van der Waals surface area contributed by atoms with Crippen molar-refractivity contribution in [3.63, 3.8) is 0 Å². The molecular weight excluding hydrogens is 360 g/mol. The minimum absolute atomic E-state index is 0.00243. The van der Waals surface area contributed by atoms with Gasteiger partial charge in [-0.1, -0.05) is 60.7 Å². The van der Waals surface area contributed by atoms with E-state index in [2.05, 4.69) is 5.32 Å². The number of hydrogen-bond acceptors (Lipinski definition) is 2. The molecule has 0 unspecified atom stereocenters. The predicted octanol–water partition coefficient (Wildman–Crippen LogP) is 4.52. The Bertz CT molecular complexity index is 966. The highest BCUT2D eigenvalue weighted by atomic mass is 16.2. The fourth-order valence-electron chi connectivity index (χ4n) is 3.24. The molecule has 0 aliphatic rings. The van der Waals surface area contributed by atoms with E-state index < -0.39 is 0 Å². The van der Waals surface area contributed by atoms with Crippen LogP contribution in [0.5, 0.6) is 0 Å². The average Bonchev–Trinajstić information content (AvgIpc) is 2.73. The van der Waals surface area contributed by atoms with Crippen molar-refractivity contribution in [1.82, 2.24) is 5.32 Å². The fourth-order valence-corrected chi connectivity index (χ4v) is 3.24. The molecule has 3 aromatic rings. The molecule has 0 aromatic heterocycles. The number of amides is 2. The van der Waals surface area contributed by atoms with Gasteiger partial charge in [-0.3, -0.25) is 9.59 Å². The summed E-state index contributed by atoms with van der Waals surface area (Å²) in [5.41, 5.74) is 4.42. The summed E-state index contributed by atoms with van der Waals surface area (Å²) in [4.78, 5) is 27.0. The molecule has 0 saturated heterocycles. The Hall–Kier alpha value is -3.40. The van der Waals surface area contributed by atoms with Crippen LogP contribution in [-0.2, 0) is 17.8 Å². The van der Waals surface area contributed by atoms with Gasteiger partial charge < -0.3 is 10.2 Å². The van der Waals surface area contributed by atoms with Crippen LogP contribution in [0, 0.1) is 6.92 Å². The number of rotatable bonds is 7. The molecular formula is C25H26N2O2. The Labute approximate surface area is 172 Å². The smallest absolute Gasteiger partial charge is 0.258 e. The van der Waals surface area contributed by atoms with Crippen LogP contribution in [-0.4, -0.2) is 18.4 Å². The van der Waals surface area contributed by atoms with E-state index in [1.54, 1.807) is 4.90 Å². The van der Waals surface area contributed by atoms with Crippen molar-refractivity contribution in [2.24, 2.45) is 0 Å². The summed E-state index contributed by atoms with van der Waals surface area (Å²) in [5, 5.41) is 2.81. The summed E-state index contributed by atoms with van der Waals surface area (Å²) in [6.45, 7) is 4.94. The van der Waals surface area contributed by atoms with Gasteiger partial charge in [-0.15, -0.1) is 0 Å². The Morgan fingerprint density at radius 3 is 2.14 bits per heavy atom. The SMILES string of the molecule is CCNC(=O)Cc1ccc(N(Cc2ccccc2)C(=O)c2ccccc2C)cc1. The van der Waals surface area contributed by atoms with Gasteiger partial charge in [0.25, 0.3) is 5.91 Å². The van der Waals surface area contributed by atoms with E-state index in [4.69, 9.17) is 0 Å². The number of anilines is 1. The zero-order chi connectivity index (χ0) is 20.6. The highest BCUT2D eigenvalue weighted by molar-refractivity contribution is 6.07. The molecule has 29 heavy (non-hydrogen) atoms. The molecule has 4 heteroatoms. The lowest BCUT2D eigenvalue weighted by atomic mass is 10.1. The van der Waals surface area contributed by atoms with Gasteiger partial charge in [0.15, 0.2) is 0 Å². The molecule has 0 fully saturated rings. The van der Waals surface area contributed by atoms with Crippen molar-refractivity contribution in [1.29, 1.82) is 0 Å². The standard InChI is InChI=1S/C25H26N2O2/c1-3-26-24(28)17-20-13-15-22(16-14-20)27(18-21-10-5-4-6-11-21)25(29)23-12-8-7-9-19(23)2/h4-16H,3,17-18H2,1-2H3,(H,26,28). The summed E-state index contributed by atoms with van der Waals surface area (Å²) in [7, 11) is 0. The Morgan fingerprint density at radius 2 is 1.48 bits per heavy atom. The van der Waals surface area contributed by atoms with Gasteiger partial charge in [-0.05, 0) is 48.7 Å². The zero-order valence-electron chi connectivity index (χ0n) is 16.9. The Balaban J connectivity index is 1.89. The van der Waals surface area contributed by atoms with E-state index in [1.165, 1.54) is 0 Å². The van der Waals surface area contributed by atoms with Crippen LogP contribution < -0.4 is 10.2 Å². The monoisotopic (exact) mass is 386 g/mol. The number of aryl methyl sites for hydroxylation is 1. The molecule has 1 N–H and O–H groups in total. The topological polar surface area (TPSA) is 49.4 Å². The van der Waals surface area contributed by atoms with E-state index in [0.717, 1.165) is 22.4 Å². The van der Waals surface area contributed by atoms with Crippen LogP contribution in [0.25, 0.3) is 0 Å². The predicted molar refractivity (Wildman–Crippen MR) is 117 cm³/mol. The maximum Gasteiger partial charge on any atom is 0.258 e. The second-order valence-corrected chi connectivity index (χ2v) is 6.99. The summed E-state index contributed by atoms with van der Waals surface area (Å²) in [6.07, 6.45) is 0.332. The van der Waals surface area contributed by atoms with E-state index in [9.17, 15) is 9.59 Å². The van der Waals surface area contributed by atoms with Gasteiger partial charge in [0.05, 0.1) is 13.0 Å². The molecule has 0 radical (unpaired) electrons. The third-order valence-corrected chi connectivity index (χ3v) is 4.79. The molecule has 2 amide bonds. The van der Waals surface area contributed by atoms with Crippen molar-refractivity contribution in [2.75, 3.05) is 11.4 Å². The lowest BCUT2D eigenvalue weighted by Crippen LogP contribution is -2.31. The van der Waals surface area contributed by atoms with Crippen LogP contribution in [0.1, 0.15) is 34.0 Å². The lowest BCUT2D eigenvalue weighted by molar-refractivity contribution is -0.120. The number of carbonyl (C=O) groups is 2. The third-order valence-electron chi connectivity index (χ3n) is 4.79. The van der Waals surface area contributed by atoms with Crippen molar-refractivity contribution in [3.8, 4) is 0 Å². The van der Waals surface area contributed by atoms with Crippen LogP contribution in [0.3, 0.4) is 0 Å². The molecule has 4 nitrogen and oxygen atoms in total. The van der Waals surface area contributed by atoms with Crippen molar-refractivity contribution in [3.05, 3.63) is 101 Å². The molecule has 0 bridgehead atoms. The second kappa shape index (κ2) is 9.69. The normalized spacial score (nSPS) is 10.4. The Morgan fingerprint density at radius 1 is 0.828 bits per heavy atom. The maximum atomic E-state index is 13.4. The molecule has 0 spiro atoms. The van der Waals surface area contributed by atoms with Crippen LogP contribution in [0.4, 0.5) is 5.69 Å². The molecule has 0 heterocycles. The summed E-state index contributed by atoms with van der Waals surface area (Å²) >= 11 is 0. The van der Waals surface area contributed by atoms with E-state index in [-0.39, 0.29) is 11.8 Å². The number of hydrogen-bond donors (Lipinski definition) is 1. The largest absolute Gasteiger partial charge is 0.356 e. The first-order valence-electron chi connectivity index (χ1n) is 9.85.